The van der Waals surface area contributed by atoms with Gasteiger partial charge in [-0.05, 0) is 31.4 Å². The van der Waals surface area contributed by atoms with Crippen molar-refractivity contribution in [3.05, 3.63) is 29.8 Å². The Kier molecular flexibility index (Phi) is 4.93. The van der Waals surface area contributed by atoms with Gasteiger partial charge < -0.3 is 15.4 Å². The highest BCUT2D eigenvalue weighted by Gasteiger charge is 2.25. The van der Waals surface area contributed by atoms with Crippen LogP contribution in [0.4, 0.5) is 5.69 Å². The van der Waals surface area contributed by atoms with Crippen LogP contribution in [0.2, 0.25) is 0 Å². The van der Waals surface area contributed by atoms with E-state index in [0.717, 1.165) is 18.5 Å². The summed E-state index contributed by atoms with van der Waals surface area (Å²) < 4.78 is 5.27. The molecule has 19 heavy (non-hydrogen) atoms. The zero-order chi connectivity index (χ0) is 13.7. The largest absolute Gasteiger partial charge is 0.382 e. The minimum atomic E-state index is 0.0331. The summed E-state index contributed by atoms with van der Waals surface area (Å²) in [7, 11) is 0. The van der Waals surface area contributed by atoms with Crippen LogP contribution in [-0.4, -0.2) is 31.7 Å². The minimum absolute atomic E-state index is 0.0331. The molecule has 0 radical (unpaired) electrons. The van der Waals surface area contributed by atoms with Gasteiger partial charge in [-0.25, -0.2) is 0 Å². The Morgan fingerprint density at radius 1 is 1.47 bits per heavy atom. The Balaban J connectivity index is 2.01. The summed E-state index contributed by atoms with van der Waals surface area (Å²) in [5, 5.41) is 0. The van der Waals surface area contributed by atoms with Crippen molar-refractivity contribution in [3.8, 4) is 0 Å². The summed E-state index contributed by atoms with van der Waals surface area (Å²) in [6, 6.07) is 8.05. The molecule has 0 fully saturated rings. The third-order valence-corrected chi connectivity index (χ3v) is 3.37. The number of amides is 1. The lowest BCUT2D eigenvalue weighted by Crippen LogP contribution is -2.46. The Labute approximate surface area is 114 Å². The lowest BCUT2D eigenvalue weighted by molar-refractivity contribution is -0.119. The van der Waals surface area contributed by atoms with Crippen molar-refractivity contribution < 1.29 is 9.53 Å². The predicted molar refractivity (Wildman–Crippen MR) is 76.2 cm³/mol. The van der Waals surface area contributed by atoms with Crippen LogP contribution in [0.3, 0.4) is 0 Å². The molecule has 2 rings (SSSR count). The molecule has 0 saturated carbocycles. The van der Waals surface area contributed by atoms with Crippen LogP contribution in [0.5, 0.6) is 0 Å². The van der Waals surface area contributed by atoms with E-state index in [4.69, 9.17) is 10.5 Å². The molecule has 0 spiro atoms. The Morgan fingerprint density at radius 2 is 2.26 bits per heavy atom. The van der Waals surface area contributed by atoms with E-state index in [1.165, 1.54) is 5.56 Å². The Morgan fingerprint density at radius 3 is 3.05 bits per heavy atom. The van der Waals surface area contributed by atoms with Crippen LogP contribution >= 0.6 is 0 Å². The number of carbonyl (C=O) groups is 1. The maximum absolute atomic E-state index is 12.3. The van der Waals surface area contributed by atoms with Gasteiger partial charge in [-0.3, -0.25) is 4.79 Å². The van der Waals surface area contributed by atoms with E-state index in [9.17, 15) is 4.79 Å². The first-order valence-electron chi connectivity index (χ1n) is 6.94. The third kappa shape index (κ3) is 3.55. The lowest BCUT2D eigenvalue weighted by atomic mass is 9.98. The van der Waals surface area contributed by atoms with E-state index in [1.807, 2.05) is 30.0 Å². The van der Waals surface area contributed by atoms with Gasteiger partial charge in [-0.15, -0.1) is 0 Å². The molecule has 4 heteroatoms. The van der Waals surface area contributed by atoms with Crippen molar-refractivity contribution in [2.45, 2.75) is 32.2 Å². The molecule has 1 aromatic carbocycles. The highest BCUT2D eigenvalue weighted by Crippen LogP contribution is 2.27. The maximum atomic E-state index is 12.3. The zero-order valence-electron chi connectivity index (χ0n) is 11.5. The summed E-state index contributed by atoms with van der Waals surface area (Å²) in [6.45, 7) is 3.92. The summed E-state index contributed by atoms with van der Waals surface area (Å²) in [5.74, 6) is 0.141. The number of para-hydroxylation sites is 1. The number of benzene rings is 1. The molecule has 104 valence electrons. The monoisotopic (exact) mass is 262 g/mol. The Hall–Kier alpha value is -1.39. The predicted octanol–water partition coefficient (Wildman–Crippen LogP) is 1.72. The SMILES string of the molecule is CCOCCCC(=O)N1CC(N)Cc2ccccc21. The van der Waals surface area contributed by atoms with Crippen molar-refractivity contribution in [3.63, 3.8) is 0 Å². The average Bonchev–Trinajstić information content (AvgIpc) is 2.42. The second kappa shape index (κ2) is 6.68. The molecule has 0 aromatic heterocycles. The summed E-state index contributed by atoms with van der Waals surface area (Å²) in [5.41, 5.74) is 8.22. The van der Waals surface area contributed by atoms with Gasteiger partial charge in [0.2, 0.25) is 5.91 Å². The van der Waals surface area contributed by atoms with E-state index in [0.29, 0.717) is 26.2 Å². The van der Waals surface area contributed by atoms with Crippen LogP contribution in [0.15, 0.2) is 24.3 Å². The topological polar surface area (TPSA) is 55.6 Å². The van der Waals surface area contributed by atoms with Crippen molar-refractivity contribution >= 4 is 11.6 Å². The fourth-order valence-electron chi connectivity index (χ4n) is 2.47. The summed E-state index contributed by atoms with van der Waals surface area (Å²) in [6.07, 6.45) is 2.13. The van der Waals surface area contributed by atoms with Crippen LogP contribution in [0.25, 0.3) is 0 Å². The average molecular weight is 262 g/mol. The van der Waals surface area contributed by atoms with Crippen molar-refractivity contribution in [1.82, 2.24) is 0 Å². The van der Waals surface area contributed by atoms with E-state index in [-0.39, 0.29) is 11.9 Å². The normalized spacial score (nSPS) is 18.2. The number of nitrogens with zero attached hydrogens (tertiary/aromatic N) is 1. The van der Waals surface area contributed by atoms with Gasteiger partial charge in [-0.1, -0.05) is 18.2 Å². The van der Waals surface area contributed by atoms with Gasteiger partial charge in [-0.2, -0.15) is 0 Å². The number of hydrogen-bond acceptors (Lipinski definition) is 3. The molecule has 1 heterocycles. The number of ether oxygens (including phenoxy) is 1. The molecule has 2 N–H and O–H groups in total. The number of carbonyl (C=O) groups excluding carboxylic acids is 1. The molecule has 0 aliphatic carbocycles. The first-order valence-corrected chi connectivity index (χ1v) is 6.94. The standard InChI is InChI=1S/C15H22N2O2/c1-2-19-9-5-8-15(18)17-11-13(16)10-12-6-3-4-7-14(12)17/h3-4,6-7,13H,2,5,8-11,16H2,1H3. The van der Waals surface area contributed by atoms with Gasteiger partial charge in [0.25, 0.3) is 0 Å². The van der Waals surface area contributed by atoms with Gasteiger partial charge in [0, 0.05) is 37.9 Å². The lowest BCUT2D eigenvalue weighted by Gasteiger charge is -2.33. The molecule has 1 aliphatic rings. The first kappa shape index (κ1) is 14.0. The van der Waals surface area contributed by atoms with Crippen molar-refractivity contribution in [2.24, 2.45) is 5.73 Å². The van der Waals surface area contributed by atoms with Crippen LogP contribution in [0, 0.1) is 0 Å². The van der Waals surface area contributed by atoms with E-state index < -0.39 is 0 Å². The minimum Gasteiger partial charge on any atom is -0.382 e. The summed E-state index contributed by atoms with van der Waals surface area (Å²) in [4.78, 5) is 14.1. The van der Waals surface area contributed by atoms with E-state index in [1.54, 1.807) is 0 Å². The number of rotatable bonds is 5. The molecule has 0 saturated heterocycles. The van der Waals surface area contributed by atoms with Gasteiger partial charge in [0.05, 0.1) is 0 Å². The molecule has 1 aliphatic heterocycles. The maximum Gasteiger partial charge on any atom is 0.227 e. The molecule has 0 bridgehead atoms. The third-order valence-electron chi connectivity index (χ3n) is 3.37. The molecular formula is C15H22N2O2. The van der Waals surface area contributed by atoms with E-state index >= 15 is 0 Å². The van der Waals surface area contributed by atoms with Crippen LogP contribution < -0.4 is 10.6 Å². The molecule has 4 nitrogen and oxygen atoms in total. The quantitative estimate of drug-likeness (QED) is 0.822. The fraction of sp³-hybridized carbons (Fsp3) is 0.533. The smallest absolute Gasteiger partial charge is 0.227 e. The second-order valence-corrected chi connectivity index (χ2v) is 4.90. The molecule has 1 unspecified atom stereocenters. The molecular weight excluding hydrogens is 240 g/mol. The highest BCUT2D eigenvalue weighted by molar-refractivity contribution is 5.94. The summed E-state index contributed by atoms with van der Waals surface area (Å²) >= 11 is 0. The zero-order valence-corrected chi connectivity index (χ0v) is 11.5. The fourth-order valence-corrected chi connectivity index (χ4v) is 2.47. The van der Waals surface area contributed by atoms with Crippen molar-refractivity contribution in [2.75, 3.05) is 24.7 Å². The molecule has 1 aromatic rings. The number of fused-ring (bicyclic) bond motifs is 1. The van der Waals surface area contributed by atoms with Crippen LogP contribution in [-0.2, 0) is 16.0 Å². The van der Waals surface area contributed by atoms with Crippen LogP contribution in [0.1, 0.15) is 25.3 Å². The Bertz CT molecular complexity index is 434. The van der Waals surface area contributed by atoms with E-state index in [2.05, 4.69) is 6.07 Å². The second-order valence-electron chi connectivity index (χ2n) is 4.90. The highest BCUT2D eigenvalue weighted by atomic mass is 16.5. The van der Waals surface area contributed by atoms with Gasteiger partial charge in [0.15, 0.2) is 0 Å². The number of nitrogens with two attached hydrogens (primary N) is 1. The molecule has 1 atom stereocenters. The van der Waals surface area contributed by atoms with Gasteiger partial charge in [0.1, 0.15) is 0 Å². The van der Waals surface area contributed by atoms with Crippen molar-refractivity contribution in [1.29, 1.82) is 0 Å². The van der Waals surface area contributed by atoms with Gasteiger partial charge >= 0.3 is 0 Å². The molecule has 1 amide bonds. The number of hydrogen-bond donors (Lipinski definition) is 1. The first-order chi connectivity index (χ1) is 9.22. The number of anilines is 1.